The Morgan fingerprint density at radius 1 is 1.28 bits per heavy atom. The van der Waals surface area contributed by atoms with Crippen LogP contribution in [0, 0.1) is 5.92 Å². The number of rotatable bonds is 7. The van der Waals surface area contributed by atoms with E-state index in [9.17, 15) is 19.2 Å². The second-order valence-corrected chi connectivity index (χ2v) is 6.96. The quantitative estimate of drug-likeness (QED) is 0.653. The van der Waals surface area contributed by atoms with Gasteiger partial charge in [-0.25, -0.2) is 4.79 Å². The standard InChI is InChI=1S/C17H28N4O4/c1-3-17(4-2)15(24)21(16(25)19-17)11-14(23)20-9-5-6-12(10-20)7-8-13(18)22/h12H,3-11H2,1-2H3,(H2,18,22)(H,19,25). The number of likely N-dealkylation sites (tertiary alicyclic amines) is 1. The molecule has 0 saturated carbocycles. The Bertz CT molecular complexity index is 559. The highest BCUT2D eigenvalue weighted by Gasteiger charge is 2.49. The van der Waals surface area contributed by atoms with Gasteiger partial charge in [-0.15, -0.1) is 0 Å². The van der Waals surface area contributed by atoms with Crippen LogP contribution in [0.5, 0.6) is 0 Å². The van der Waals surface area contributed by atoms with E-state index >= 15 is 0 Å². The molecule has 2 saturated heterocycles. The fourth-order valence-corrected chi connectivity index (χ4v) is 3.66. The normalized spacial score (nSPS) is 22.9. The van der Waals surface area contributed by atoms with Gasteiger partial charge in [0.25, 0.3) is 5.91 Å². The average molecular weight is 352 g/mol. The molecule has 0 aliphatic carbocycles. The Morgan fingerprint density at radius 2 is 1.96 bits per heavy atom. The first-order valence-corrected chi connectivity index (χ1v) is 9.03. The fraction of sp³-hybridized carbons (Fsp3) is 0.765. The second kappa shape index (κ2) is 7.84. The molecule has 2 aliphatic heterocycles. The number of piperidine rings is 1. The highest BCUT2D eigenvalue weighted by Crippen LogP contribution is 2.26. The molecule has 0 radical (unpaired) electrons. The molecule has 0 aromatic carbocycles. The minimum Gasteiger partial charge on any atom is -0.370 e. The Kier molecular flexibility index (Phi) is 6.02. The smallest absolute Gasteiger partial charge is 0.325 e. The monoisotopic (exact) mass is 352 g/mol. The maximum absolute atomic E-state index is 12.6. The number of hydrogen-bond donors (Lipinski definition) is 2. The van der Waals surface area contributed by atoms with Gasteiger partial charge < -0.3 is 16.0 Å². The van der Waals surface area contributed by atoms with Crippen LogP contribution in [0.4, 0.5) is 4.79 Å². The number of nitrogens with two attached hydrogens (primary N) is 1. The van der Waals surface area contributed by atoms with E-state index in [1.807, 2.05) is 13.8 Å². The van der Waals surface area contributed by atoms with Crippen LogP contribution in [-0.2, 0) is 14.4 Å². The molecule has 5 amide bonds. The van der Waals surface area contributed by atoms with Gasteiger partial charge in [-0.1, -0.05) is 13.8 Å². The summed E-state index contributed by atoms with van der Waals surface area (Å²) in [5.74, 6) is -0.648. The lowest BCUT2D eigenvalue weighted by Crippen LogP contribution is -2.48. The van der Waals surface area contributed by atoms with Crippen molar-refractivity contribution in [3.05, 3.63) is 0 Å². The predicted octanol–water partition coefficient (Wildman–Crippen LogP) is 0.601. The van der Waals surface area contributed by atoms with E-state index in [-0.39, 0.29) is 30.2 Å². The van der Waals surface area contributed by atoms with Crippen molar-refractivity contribution >= 4 is 23.8 Å². The van der Waals surface area contributed by atoms with Gasteiger partial charge in [-0.3, -0.25) is 19.3 Å². The molecular weight excluding hydrogens is 324 g/mol. The first-order chi connectivity index (χ1) is 11.8. The summed E-state index contributed by atoms with van der Waals surface area (Å²) in [5.41, 5.74) is 4.30. The third-order valence-electron chi connectivity index (χ3n) is 5.42. The van der Waals surface area contributed by atoms with Crippen molar-refractivity contribution in [3.8, 4) is 0 Å². The Balaban J connectivity index is 1.96. The molecule has 3 N–H and O–H groups in total. The number of urea groups is 1. The van der Waals surface area contributed by atoms with Gasteiger partial charge in [-0.2, -0.15) is 0 Å². The van der Waals surface area contributed by atoms with Crippen LogP contribution in [0.1, 0.15) is 52.4 Å². The zero-order valence-corrected chi connectivity index (χ0v) is 15.0. The summed E-state index contributed by atoms with van der Waals surface area (Å²) < 4.78 is 0. The Hall–Kier alpha value is -2.12. The Labute approximate surface area is 148 Å². The second-order valence-electron chi connectivity index (χ2n) is 6.96. The minimum absolute atomic E-state index is 0.227. The summed E-state index contributed by atoms with van der Waals surface area (Å²) >= 11 is 0. The summed E-state index contributed by atoms with van der Waals surface area (Å²) in [6.45, 7) is 4.63. The zero-order valence-electron chi connectivity index (χ0n) is 15.0. The highest BCUT2D eigenvalue weighted by molar-refractivity contribution is 6.08. The van der Waals surface area contributed by atoms with Crippen LogP contribution in [0.2, 0.25) is 0 Å². The van der Waals surface area contributed by atoms with Crippen molar-refractivity contribution in [2.24, 2.45) is 11.7 Å². The molecule has 1 unspecified atom stereocenters. The number of amides is 5. The van der Waals surface area contributed by atoms with Crippen LogP contribution in [-0.4, -0.2) is 58.7 Å². The molecule has 0 aromatic rings. The molecule has 140 valence electrons. The first-order valence-electron chi connectivity index (χ1n) is 9.03. The molecule has 1 atom stereocenters. The molecule has 8 heteroatoms. The van der Waals surface area contributed by atoms with Gasteiger partial charge in [0.2, 0.25) is 11.8 Å². The third kappa shape index (κ3) is 4.11. The minimum atomic E-state index is -0.886. The van der Waals surface area contributed by atoms with Crippen molar-refractivity contribution in [3.63, 3.8) is 0 Å². The fourth-order valence-electron chi connectivity index (χ4n) is 3.66. The van der Waals surface area contributed by atoms with E-state index in [4.69, 9.17) is 5.73 Å². The number of nitrogens with one attached hydrogen (secondary N) is 1. The zero-order chi connectivity index (χ0) is 18.6. The number of primary amides is 1. The highest BCUT2D eigenvalue weighted by atomic mass is 16.2. The lowest BCUT2D eigenvalue weighted by Gasteiger charge is -2.33. The van der Waals surface area contributed by atoms with Gasteiger partial charge in [0.05, 0.1) is 0 Å². The average Bonchev–Trinajstić information content (AvgIpc) is 2.84. The van der Waals surface area contributed by atoms with Crippen molar-refractivity contribution in [1.82, 2.24) is 15.1 Å². The van der Waals surface area contributed by atoms with Gasteiger partial charge in [0, 0.05) is 19.5 Å². The Morgan fingerprint density at radius 3 is 2.52 bits per heavy atom. The van der Waals surface area contributed by atoms with Crippen LogP contribution in [0.15, 0.2) is 0 Å². The number of carbonyl (C=O) groups is 4. The van der Waals surface area contributed by atoms with Gasteiger partial charge in [0.1, 0.15) is 12.1 Å². The van der Waals surface area contributed by atoms with Crippen LogP contribution in [0.3, 0.4) is 0 Å². The third-order valence-corrected chi connectivity index (χ3v) is 5.42. The molecule has 2 fully saturated rings. The number of nitrogens with zero attached hydrogens (tertiary/aromatic N) is 2. The molecule has 25 heavy (non-hydrogen) atoms. The van der Waals surface area contributed by atoms with Crippen molar-refractivity contribution in [1.29, 1.82) is 0 Å². The van der Waals surface area contributed by atoms with Gasteiger partial charge in [0.15, 0.2) is 0 Å². The van der Waals surface area contributed by atoms with E-state index in [1.54, 1.807) is 4.90 Å². The number of hydrogen-bond acceptors (Lipinski definition) is 4. The van der Waals surface area contributed by atoms with Gasteiger partial charge in [-0.05, 0) is 38.0 Å². The largest absolute Gasteiger partial charge is 0.370 e. The molecular formula is C17H28N4O4. The predicted molar refractivity (Wildman–Crippen MR) is 91.3 cm³/mol. The molecule has 0 bridgehead atoms. The summed E-state index contributed by atoms with van der Waals surface area (Å²) in [4.78, 5) is 51.0. The summed E-state index contributed by atoms with van der Waals surface area (Å²) in [6, 6.07) is -0.496. The SMILES string of the molecule is CCC1(CC)NC(=O)N(CC(=O)N2CCCC(CCC(N)=O)C2)C1=O. The maximum Gasteiger partial charge on any atom is 0.325 e. The van der Waals surface area contributed by atoms with Crippen molar-refractivity contribution in [2.45, 2.75) is 57.9 Å². The summed E-state index contributed by atoms with van der Waals surface area (Å²) in [6.07, 6.45) is 3.78. The molecule has 0 aromatic heterocycles. The van der Waals surface area contributed by atoms with E-state index in [1.165, 1.54) is 0 Å². The van der Waals surface area contributed by atoms with Crippen LogP contribution >= 0.6 is 0 Å². The van der Waals surface area contributed by atoms with E-state index in [0.29, 0.717) is 38.8 Å². The molecule has 8 nitrogen and oxygen atoms in total. The van der Waals surface area contributed by atoms with E-state index in [2.05, 4.69) is 5.32 Å². The lowest BCUT2D eigenvalue weighted by molar-refractivity contribution is -0.140. The van der Waals surface area contributed by atoms with E-state index in [0.717, 1.165) is 17.7 Å². The summed E-state index contributed by atoms with van der Waals surface area (Å²) in [5, 5.41) is 2.73. The topological polar surface area (TPSA) is 113 Å². The first kappa shape index (κ1) is 19.2. The summed E-state index contributed by atoms with van der Waals surface area (Å²) in [7, 11) is 0. The van der Waals surface area contributed by atoms with Crippen LogP contribution in [0.25, 0.3) is 0 Å². The lowest BCUT2D eigenvalue weighted by atomic mass is 9.92. The number of carbonyl (C=O) groups excluding carboxylic acids is 4. The van der Waals surface area contributed by atoms with E-state index < -0.39 is 11.6 Å². The van der Waals surface area contributed by atoms with Crippen molar-refractivity contribution < 1.29 is 19.2 Å². The maximum atomic E-state index is 12.6. The van der Waals surface area contributed by atoms with Crippen LogP contribution < -0.4 is 11.1 Å². The molecule has 0 spiro atoms. The molecule has 2 aliphatic rings. The molecule has 2 heterocycles. The van der Waals surface area contributed by atoms with Gasteiger partial charge >= 0.3 is 6.03 Å². The van der Waals surface area contributed by atoms with Crippen molar-refractivity contribution in [2.75, 3.05) is 19.6 Å². The number of imide groups is 1. The molecule has 2 rings (SSSR count).